The predicted octanol–water partition coefficient (Wildman–Crippen LogP) is 0.145. The van der Waals surface area contributed by atoms with E-state index in [1.165, 1.54) is 12.8 Å². The van der Waals surface area contributed by atoms with E-state index in [0.29, 0.717) is 38.4 Å². The van der Waals surface area contributed by atoms with Crippen LogP contribution in [0, 0.1) is 0 Å². The lowest BCUT2D eigenvalue weighted by Crippen LogP contribution is -2.45. The molecule has 0 aliphatic carbocycles. The van der Waals surface area contributed by atoms with Gasteiger partial charge in [0.25, 0.3) is 0 Å². The van der Waals surface area contributed by atoms with Gasteiger partial charge < -0.3 is 19.7 Å². The summed E-state index contributed by atoms with van der Waals surface area (Å²) in [5.41, 5.74) is 0. The van der Waals surface area contributed by atoms with Crippen LogP contribution >= 0.6 is 0 Å². The molecular weight excluding hydrogens is 232 g/mol. The van der Waals surface area contributed by atoms with Crippen molar-refractivity contribution in [2.45, 2.75) is 43.9 Å². The third-order valence-corrected chi connectivity index (χ3v) is 4.24. The first-order valence-corrected chi connectivity index (χ1v) is 7.04. The largest absolute Gasteiger partial charge is 0.378 e. The molecule has 3 fully saturated rings. The Hall–Kier alpha value is -0.650. The molecule has 0 aromatic heterocycles. The minimum absolute atomic E-state index is 0.115. The second kappa shape index (κ2) is 5.55. The molecule has 1 N–H and O–H groups in total. The zero-order chi connectivity index (χ0) is 12.4. The van der Waals surface area contributed by atoms with Crippen molar-refractivity contribution in [3.8, 4) is 0 Å². The molecule has 5 nitrogen and oxygen atoms in total. The highest BCUT2D eigenvalue weighted by Crippen LogP contribution is 2.28. The maximum Gasteiger partial charge on any atom is 0.248 e. The van der Waals surface area contributed by atoms with E-state index in [-0.39, 0.29) is 18.6 Å². The molecule has 3 aliphatic heterocycles. The average molecular weight is 254 g/mol. The van der Waals surface area contributed by atoms with Crippen LogP contribution in [0.2, 0.25) is 0 Å². The Bertz CT molecular complexity index is 293. The summed E-state index contributed by atoms with van der Waals surface area (Å²) in [6, 6.07) is 1.24. The van der Waals surface area contributed by atoms with E-state index in [2.05, 4.69) is 5.32 Å². The van der Waals surface area contributed by atoms with Crippen LogP contribution in [-0.2, 0) is 14.3 Å². The van der Waals surface area contributed by atoms with Crippen LogP contribution in [0.3, 0.4) is 0 Å². The fraction of sp³-hybridized carbons (Fsp3) is 0.923. The third kappa shape index (κ3) is 2.84. The molecule has 0 spiro atoms. The molecule has 18 heavy (non-hydrogen) atoms. The monoisotopic (exact) mass is 254 g/mol. The van der Waals surface area contributed by atoms with Crippen molar-refractivity contribution in [3.63, 3.8) is 0 Å². The van der Waals surface area contributed by atoms with Gasteiger partial charge in [0.05, 0.1) is 19.3 Å². The number of rotatable bonds is 3. The maximum atomic E-state index is 11.9. The molecule has 2 unspecified atom stereocenters. The van der Waals surface area contributed by atoms with Crippen LogP contribution in [-0.4, -0.2) is 61.9 Å². The number of morpholine rings is 1. The van der Waals surface area contributed by atoms with Gasteiger partial charge in [0.1, 0.15) is 6.61 Å². The number of nitrogens with one attached hydrogen (secondary N) is 1. The molecule has 1 amide bonds. The molecule has 0 radical (unpaired) electrons. The summed E-state index contributed by atoms with van der Waals surface area (Å²) < 4.78 is 11.0. The fourth-order valence-electron chi connectivity index (χ4n) is 3.23. The zero-order valence-electron chi connectivity index (χ0n) is 10.8. The number of carbonyl (C=O) groups is 1. The molecule has 2 bridgehead atoms. The van der Waals surface area contributed by atoms with Crippen LogP contribution in [0.15, 0.2) is 0 Å². The smallest absolute Gasteiger partial charge is 0.248 e. The first-order valence-electron chi connectivity index (χ1n) is 7.04. The van der Waals surface area contributed by atoms with E-state index in [9.17, 15) is 4.79 Å². The summed E-state index contributed by atoms with van der Waals surface area (Å²) >= 11 is 0. The van der Waals surface area contributed by atoms with E-state index in [1.807, 2.05) is 4.90 Å². The second-order valence-corrected chi connectivity index (χ2v) is 5.54. The van der Waals surface area contributed by atoms with E-state index in [0.717, 1.165) is 12.8 Å². The number of carbonyl (C=O) groups excluding carboxylic acids is 1. The van der Waals surface area contributed by atoms with Gasteiger partial charge in [0.2, 0.25) is 5.91 Å². The molecule has 3 rings (SSSR count). The molecule has 102 valence electrons. The average Bonchev–Trinajstić information content (AvgIpc) is 2.76. The lowest BCUT2D eigenvalue weighted by Gasteiger charge is -2.31. The van der Waals surface area contributed by atoms with Gasteiger partial charge >= 0.3 is 0 Å². The van der Waals surface area contributed by atoms with Crippen LogP contribution in [0.25, 0.3) is 0 Å². The number of ether oxygens (including phenoxy) is 2. The van der Waals surface area contributed by atoms with E-state index >= 15 is 0 Å². The summed E-state index contributed by atoms with van der Waals surface area (Å²) in [6.45, 7) is 2.97. The van der Waals surface area contributed by atoms with Crippen LogP contribution in [0.4, 0.5) is 0 Å². The summed E-state index contributed by atoms with van der Waals surface area (Å²) in [5.74, 6) is 0.115. The Morgan fingerprint density at radius 3 is 2.56 bits per heavy atom. The van der Waals surface area contributed by atoms with Crippen molar-refractivity contribution in [1.82, 2.24) is 10.2 Å². The lowest BCUT2D eigenvalue weighted by atomic mass is 10.0. The minimum atomic E-state index is 0.115. The van der Waals surface area contributed by atoms with Gasteiger partial charge in [-0.3, -0.25) is 4.79 Å². The minimum Gasteiger partial charge on any atom is -0.378 e. The Labute approximate surface area is 108 Å². The van der Waals surface area contributed by atoms with Gasteiger partial charge in [-0.1, -0.05) is 0 Å². The molecule has 3 saturated heterocycles. The molecule has 5 heteroatoms. The standard InChI is InChI=1S/C13H22N2O3/c16-13(15-3-5-17-6-4-15)9-18-12-7-10-1-2-11(8-12)14-10/h10-12,14H,1-9H2. The van der Waals surface area contributed by atoms with Gasteiger partial charge in [-0.2, -0.15) is 0 Å². The molecule has 2 atom stereocenters. The molecular formula is C13H22N2O3. The summed E-state index contributed by atoms with van der Waals surface area (Å²) in [4.78, 5) is 13.8. The first kappa shape index (κ1) is 12.4. The molecule has 0 saturated carbocycles. The van der Waals surface area contributed by atoms with Gasteiger partial charge in [-0.15, -0.1) is 0 Å². The topological polar surface area (TPSA) is 50.8 Å². The Kier molecular flexibility index (Phi) is 3.82. The van der Waals surface area contributed by atoms with Crippen LogP contribution < -0.4 is 5.32 Å². The van der Waals surface area contributed by atoms with Crippen molar-refractivity contribution >= 4 is 5.91 Å². The zero-order valence-corrected chi connectivity index (χ0v) is 10.8. The van der Waals surface area contributed by atoms with Gasteiger partial charge in [-0.25, -0.2) is 0 Å². The van der Waals surface area contributed by atoms with E-state index < -0.39 is 0 Å². The number of hydrogen-bond donors (Lipinski definition) is 1. The molecule has 3 heterocycles. The maximum absolute atomic E-state index is 11.9. The van der Waals surface area contributed by atoms with E-state index in [1.54, 1.807) is 0 Å². The number of nitrogens with zero attached hydrogens (tertiary/aromatic N) is 1. The second-order valence-electron chi connectivity index (χ2n) is 5.54. The van der Waals surface area contributed by atoms with Crippen molar-refractivity contribution in [2.75, 3.05) is 32.9 Å². The number of piperidine rings is 1. The van der Waals surface area contributed by atoms with E-state index in [4.69, 9.17) is 9.47 Å². The van der Waals surface area contributed by atoms with Crippen molar-refractivity contribution in [2.24, 2.45) is 0 Å². The molecule has 0 aromatic rings. The highest BCUT2D eigenvalue weighted by Gasteiger charge is 2.34. The van der Waals surface area contributed by atoms with Crippen LogP contribution in [0.5, 0.6) is 0 Å². The third-order valence-electron chi connectivity index (χ3n) is 4.24. The summed E-state index contributed by atoms with van der Waals surface area (Å²) in [6.07, 6.45) is 4.93. The highest BCUT2D eigenvalue weighted by molar-refractivity contribution is 5.77. The number of amides is 1. The lowest BCUT2D eigenvalue weighted by molar-refractivity contribution is -0.143. The summed E-state index contributed by atoms with van der Waals surface area (Å²) in [7, 11) is 0. The van der Waals surface area contributed by atoms with Crippen molar-refractivity contribution < 1.29 is 14.3 Å². The molecule has 3 aliphatic rings. The highest BCUT2D eigenvalue weighted by atomic mass is 16.5. The predicted molar refractivity (Wildman–Crippen MR) is 66.3 cm³/mol. The van der Waals surface area contributed by atoms with Gasteiger partial charge in [0.15, 0.2) is 0 Å². The van der Waals surface area contributed by atoms with Gasteiger partial charge in [0, 0.05) is 25.2 Å². The van der Waals surface area contributed by atoms with Crippen molar-refractivity contribution in [3.05, 3.63) is 0 Å². The Morgan fingerprint density at radius 2 is 1.89 bits per heavy atom. The fourth-order valence-corrected chi connectivity index (χ4v) is 3.23. The Morgan fingerprint density at radius 1 is 1.22 bits per heavy atom. The summed E-state index contributed by atoms with van der Waals surface area (Å²) in [5, 5.41) is 3.58. The first-order chi connectivity index (χ1) is 8.81. The van der Waals surface area contributed by atoms with Crippen molar-refractivity contribution in [1.29, 1.82) is 0 Å². The number of fused-ring (bicyclic) bond motifs is 2. The molecule has 0 aromatic carbocycles. The number of hydrogen-bond acceptors (Lipinski definition) is 4. The van der Waals surface area contributed by atoms with Crippen LogP contribution in [0.1, 0.15) is 25.7 Å². The quantitative estimate of drug-likeness (QED) is 0.778. The normalized spacial score (nSPS) is 35.8. The SMILES string of the molecule is O=C(COC1CC2CCC(C1)N2)N1CCOCC1. The van der Waals surface area contributed by atoms with Gasteiger partial charge in [-0.05, 0) is 25.7 Å². The Balaban J connectivity index is 1.42.